The van der Waals surface area contributed by atoms with Crippen molar-refractivity contribution in [3.63, 3.8) is 0 Å². The van der Waals surface area contributed by atoms with Crippen LogP contribution in [0.4, 0.5) is 0 Å². The molecule has 78 valence electrons. The van der Waals surface area contributed by atoms with E-state index < -0.39 is 13.9 Å². The lowest BCUT2D eigenvalue weighted by Crippen LogP contribution is -2.08. The van der Waals surface area contributed by atoms with Crippen molar-refractivity contribution in [3.05, 3.63) is 12.7 Å². The summed E-state index contributed by atoms with van der Waals surface area (Å²) in [7, 11) is -2.72. The molecule has 0 heterocycles. The molecule has 0 spiro atoms. The van der Waals surface area contributed by atoms with Crippen LogP contribution in [0.3, 0.4) is 0 Å². The molecule has 0 aromatic heterocycles. The molecule has 0 aliphatic heterocycles. The molecule has 13 heavy (non-hydrogen) atoms. The summed E-state index contributed by atoms with van der Waals surface area (Å²) in [4.78, 5) is 8.99. The smallest absolute Gasteiger partial charge is 0.302 e. The van der Waals surface area contributed by atoms with Crippen molar-refractivity contribution in [2.75, 3.05) is 7.11 Å². The van der Waals surface area contributed by atoms with Gasteiger partial charge in [0.1, 0.15) is 0 Å². The fourth-order valence-corrected chi connectivity index (χ4v) is 1.45. The molecule has 0 saturated heterocycles. The second-order valence-corrected chi connectivity index (χ2v) is 4.19. The zero-order valence-electron chi connectivity index (χ0n) is 8.10. The first kappa shape index (κ1) is 12.8. The minimum atomic E-state index is -3.86. The van der Waals surface area contributed by atoms with Crippen LogP contribution in [0.15, 0.2) is 12.7 Å². The average molecular weight is 208 g/mol. The Balaban J connectivity index is 3.97. The fourth-order valence-electron chi connectivity index (χ4n) is 0.833. The maximum Gasteiger partial charge on any atom is 0.472 e. The SMILES string of the molecule is C=CC(CCCC)OP(=O)(O)OC. The van der Waals surface area contributed by atoms with E-state index >= 15 is 0 Å². The van der Waals surface area contributed by atoms with Gasteiger partial charge >= 0.3 is 7.82 Å². The van der Waals surface area contributed by atoms with Crippen molar-refractivity contribution in [1.82, 2.24) is 0 Å². The molecule has 0 radical (unpaired) electrons. The second kappa shape index (κ2) is 6.33. The number of hydrogen-bond donors (Lipinski definition) is 1. The second-order valence-electron chi connectivity index (χ2n) is 2.67. The number of unbranched alkanes of at least 4 members (excludes halogenated alkanes) is 1. The van der Waals surface area contributed by atoms with Crippen LogP contribution in [0, 0.1) is 0 Å². The maximum absolute atomic E-state index is 11.0. The minimum absolute atomic E-state index is 0.407. The third kappa shape index (κ3) is 5.99. The molecule has 0 aliphatic carbocycles. The number of phosphoric ester groups is 1. The van der Waals surface area contributed by atoms with Gasteiger partial charge in [-0.2, -0.15) is 0 Å². The van der Waals surface area contributed by atoms with E-state index in [0.29, 0.717) is 6.42 Å². The lowest BCUT2D eigenvalue weighted by Gasteiger charge is -2.15. The molecular formula is C8H17O4P. The lowest BCUT2D eigenvalue weighted by molar-refractivity contribution is 0.137. The summed E-state index contributed by atoms with van der Waals surface area (Å²) in [5, 5.41) is 0. The van der Waals surface area contributed by atoms with Crippen molar-refractivity contribution in [2.24, 2.45) is 0 Å². The highest BCUT2D eigenvalue weighted by Gasteiger charge is 2.22. The number of phosphoric acid groups is 1. The third-order valence-electron chi connectivity index (χ3n) is 1.60. The molecule has 0 aromatic rings. The molecule has 0 aliphatic rings. The van der Waals surface area contributed by atoms with E-state index in [9.17, 15) is 4.57 Å². The van der Waals surface area contributed by atoms with Gasteiger partial charge in [0.2, 0.25) is 0 Å². The van der Waals surface area contributed by atoms with Gasteiger partial charge in [0.25, 0.3) is 0 Å². The molecule has 5 heteroatoms. The molecule has 0 saturated carbocycles. The minimum Gasteiger partial charge on any atom is -0.302 e. The van der Waals surface area contributed by atoms with Gasteiger partial charge in [0.05, 0.1) is 6.10 Å². The predicted molar refractivity (Wildman–Crippen MR) is 51.4 cm³/mol. The first-order valence-electron chi connectivity index (χ1n) is 4.25. The van der Waals surface area contributed by atoms with Gasteiger partial charge in [-0.1, -0.05) is 25.8 Å². The van der Waals surface area contributed by atoms with Crippen LogP contribution in [0.1, 0.15) is 26.2 Å². The first-order chi connectivity index (χ1) is 6.05. The Bertz CT molecular complexity index is 193. The van der Waals surface area contributed by atoms with Crippen molar-refractivity contribution < 1.29 is 18.5 Å². The normalized spacial score (nSPS) is 17.8. The van der Waals surface area contributed by atoms with Crippen LogP contribution in [0.5, 0.6) is 0 Å². The molecule has 0 fully saturated rings. The largest absolute Gasteiger partial charge is 0.472 e. The van der Waals surface area contributed by atoms with E-state index in [1.165, 1.54) is 6.08 Å². The van der Waals surface area contributed by atoms with Crippen molar-refractivity contribution in [2.45, 2.75) is 32.3 Å². The Morgan fingerprint density at radius 1 is 1.69 bits per heavy atom. The highest BCUT2D eigenvalue weighted by molar-refractivity contribution is 7.47. The van der Waals surface area contributed by atoms with Gasteiger partial charge in [0, 0.05) is 7.11 Å². The first-order valence-corrected chi connectivity index (χ1v) is 5.74. The molecule has 2 atom stereocenters. The monoisotopic (exact) mass is 208 g/mol. The van der Waals surface area contributed by atoms with Crippen molar-refractivity contribution >= 4 is 7.82 Å². The Labute approximate surface area is 79.2 Å². The molecule has 2 unspecified atom stereocenters. The van der Waals surface area contributed by atoms with E-state index in [1.54, 1.807) is 0 Å². The predicted octanol–water partition coefficient (Wildman–Crippen LogP) is 2.49. The zero-order chi connectivity index (χ0) is 10.3. The summed E-state index contributed by atoms with van der Waals surface area (Å²) in [6.07, 6.45) is 3.73. The van der Waals surface area contributed by atoms with Crippen LogP contribution < -0.4 is 0 Å². The van der Waals surface area contributed by atoms with E-state index in [0.717, 1.165) is 20.0 Å². The standard InChI is InChI=1S/C8H17O4P/c1-4-6-7-8(5-2)12-13(9,10)11-3/h5,8H,2,4,6-7H2,1,3H3,(H,9,10). The summed E-state index contributed by atoms with van der Waals surface area (Å²) < 4.78 is 20.1. The average Bonchev–Trinajstić information content (AvgIpc) is 2.12. The Hall–Kier alpha value is -0.150. The summed E-state index contributed by atoms with van der Waals surface area (Å²) in [6, 6.07) is 0. The van der Waals surface area contributed by atoms with Crippen LogP contribution in [-0.4, -0.2) is 18.1 Å². The molecular weight excluding hydrogens is 191 g/mol. The Kier molecular flexibility index (Phi) is 6.25. The van der Waals surface area contributed by atoms with Gasteiger partial charge in [-0.3, -0.25) is 9.05 Å². The molecule has 0 amide bonds. The van der Waals surface area contributed by atoms with Crippen LogP contribution in [0.25, 0.3) is 0 Å². The van der Waals surface area contributed by atoms with Crippen LogP contribution in [0.2, 0.25) is 0 Å². The van der Waals surface area contributed by atoms with Gasteiger partial charge < -0.3 is 4.89 Å². The van der Waals surface area contributed by atoms with Gasteiger partial charge in [-0.15, -0.1) is 6.58 Å². The third-order valence-corrected chi connectivity index (χ3v) is 2.60. The zero-order valence-corrected chi connectivity index (χ0v) is 9.00. The number of hydrogen-bond acceptors (Lipinski definition) is 3. The molecule has 0 bridgehead atoms. The summed E-state index contributed by atoms with van der Waals surface area (Å²) in [5.41, 5.74) is 0. The van der Waals surface area contributed by atoms with E-state index in [1.807, 2.05) is 6.92 Å². The molecule has 0 rings (SSSR count). The molecule has 4 nitrogen and oxygen atoms in total. The van der Waals surface area contributed by atoms with Gasteiger partial charge in [0.15, 0.2) is 0 Å². The van der Waals surface area contributed by atoms with E-state index in [-0.39, 0.29) is 0 Å². The van der Waals surface area contributed by atoms with Crippen molar-refractivity contribution in [1.29, 1.82) is 0 Å². The molecule has 0 aromatic carbocycles. The van der Waals surface area contributed by atoms with E-state index in [4.69, 9.17) is 9.42 Å². The Morgan fingerprint density at radius 3 is 2.69 bits per heavy atom. The summed E-state index contributed by atoms with van der Waals surface area (Å²) in [6.45, 7) is 5.56. The summed E-state index contributed by atoms with van der Waals surface area (Å²) in [5.74, 6) is 0. The van der Waals surface area contributed by atoms with Gasteiger partial charge in [-0.05, 0) is 6.42 Å². The quantitative estimate of drug-likeness (QED) is 0.515. The Morgan fingerprint density at radius 2 is 2.31 bits per heavy atom. The van der Waals surface area contributed by atoms with Gasteiger partial charge in [-0.25, -0.2) is 4.57 Å². The summed E-state index contributed by atoms with van der Waals surface area (Å²) >= 11 is 0. The fraction of sp³-hybridized carbons (Fsp3) is 0.750. The highest BCUT2D eigenvalue weighted by atomic mass is 31.2. The maximum atomic E-state index is 11.0. The number of rotatable bonds is 7. The van der Waals surface area contributed by atoms with Crippen molar-refractivity contribution in [3.8, 4) is 0 Å². The van der Waals surface area contributed by atoms with Crippen LogP contribution >= 0.6 is 7.82 Å². The highest BCUT2D eigenvalue weighted by Crippen LogP contribution is 2.44. The molecule has 1 N–H and O–H groups in total. The topological polar surface area (TPSA) is 55.8 Å². The van der Waals surface area contributed by atoms with Crippen LogP contribution in [-0.2, 0) is 13.6 Å². The van der Waals surface area contributed by atoms with E-state index in [2.05, 4.69) is 11.1 Å². The lowest BCUT2D eigenvalue weighted by atomic mass is 10.2.